The number of aldehydes is 1. The second-order valence-corrected chi connectivity index (χ2v) is 13.5. The Morgan fingerprint density at radius 3 is 2.69 bits per heavy atom. The molecule has 1 saturated carbocycles. The number of carbonyl (C=O) groups is 1. The number of nitrogens with zero attached hydrogens (tertiary/aromatic N) is 5. The Bertz CT molecular complexity index is 1450. The first-order chi connectivity index (χ1) is 21.8. The monoisotopic (exact) mass is 636 g/mol. The third-order valence-electron chi connectivity index (χ3n) is 9.07. The van der Waals surface area contributed by atoms with E-state index in [0.717, 1.165) is 75.1 Å². The van der Waals surface area contributed by atoms with Crippen molar-refractivity contribution < 1.29 is 18.7 Å². The van der Waals surface area contributed by atoms with E-state index in [1.54, 1.807) is 6.20 Å². The lowest BCUT2D eigenvalue weighted by Gasteiger charge is -2.59. The molecule has 1 unspecified atom stereocenters. The van der Waals surface area contributed by atoms with E-state index in [4.69, 9.17) is 9.47 Å². The average molecular weight is 637 g/mol. The number of ether oxygens (including phenoxy) is 2. The second kappa shape index (κ2) is 14.9. The summed E-state index contributed by atoms with van der Waals surface area (Å²) in [6.45, 7) is 10.4. The van der Waals surface area contributed by atoms with Gasteiger partial charge in [-0.1, -0.05) is 6.92 Å². The van der Waals surface area contributed by atoms with Crippen LogP contribution in [0.3, 0.4) is 0 Å². The highest BCUT2D eigenvalue weighted by Crippen LogP contribution is 2.52. The van der Waals surface area contributed by atoms with Gasteiger partial charge in [-0.25, -0.2) is 14.4 Å². The Kier molecular flexibility index (Phi) is 10.9. The molecule has 6 rings (SSSR count). The Morgan fingerprint density at radius 2 is 2.00 bits per heavy atom. The number of hydrogen-bond acceptors (Lipinski definition) is 10. The number of nitrogens with one attached hydrogen (secondary N) is 1. The number of benzene rings is 1. The first-order valence-corrected chi connectivity index (χ1v) is 17.2. The molecule has 1 saturated heterocycles. The average Bonchev–Trinajstić information content (AvgIpc) is 3.01. The normalized spacial score (nSPS) is 18.5. The smallest absolute Gasteiger partial charge is 0.188 e. The van der Waals surface area contributed by atoms with E-state index in [2.05, 4.69) is 64.1 Å². The topological polar surface area (TPSA) is 92.7 Å². The Balaban J connectivity index is 0.000000515. The number of anilines is 1. The summed E-state index contributed by atoms with van der Waals surface area (Å²) in [5.41, 5.74) is 2.73. The van der Waals surface area contributed by atoms with Crippen LogP contribution < -0.4 is 19.7 Å². The van der Waals surface area contributed by atoms with E-state index < -0.39 is 5.82 Å². The van der Waals surface area contributed by atoms with Gasteiger partial charge in [0.2, 0.25) is 0 Å². The molecule has 2 aromatic heterocycles. The van der Waals surface area contributed by atoms with Crippen LogP contribution in [0.25, 0.3) is 0 Å². The van der Waals surface area contributed by atoms with Crippen molar-refractivity contribution in [3.63, 3.8) is 0 Å². The van der Waals surface area contributed by atoms with Crippen molar-refractivity contribution in [3.05, 3.63) is 65.6 Å². The molecule has 0 amide bonds. The molecule has 1 atom stereocenters. The molecule has 2 aliphatic heterocycles. The maximum atomic E-state index is 13.5. The number of pyridine rings is 1. The minimum Gasteiger partial charge on any atom is -0.490 e. The Morgan fingerprint density at radius 1 is 1.20 bits per heavy atom. The van der Waals surface area contributed by atoms with Crippen molar-refractivity contribution in [2.45, 2.75) is 64.6 Å². The molecule has 11 heteroatoms. The molecule has 3 aliphatic rings. The lowest BCUT2D eigenvalue weighted by Crippen LogP contribution is -2.65. The van der Waals surface area contributed by atoms with Crippen LogP contribution in [-0.2, 0) is 6.42 Å². The number of rotatable bonds is 11. The van der Waals surface area contributed by atoms with Crippen LogP contribution in [0.15, 0.2) is 43.0 Å². The SMILES string of the molecule is CCN(C)C(C)C.CSCCC1NCCc2nccc(OC3CC4(C3)CN(c3ncncc3Oc3ccc(F)cc3C=O)C4)c21. The Labute approximate surface area is 270 Å². The molecule has 3 aromatic rings. The predicted molar refractivity (Wildman–Crippen MR) is 177 cm³/mol. The number of hydrogen-bond donors (Lipinski definition) is 1. The van der Waals surface area contributed by atoms with E-state index in [1.165, 1.54) is 24.0 Å². The summed E-state index contributed by atoms with van der Waals surface area (Å²) in [6.07, 6.45) is 11.8. The standard InChI is InChI=1S/C28H30FN5O3S.C6H15N/c1-38-9-6-22-26-21(4-7-31-22)32-8-5-24(26)36-20-11-28(12-20)15-34(16-28)27-25(13-30-17-33-27)37-23-3-2-19(29)10-18(23)14-35;1-5-7(4)6(2)3/h2-3,5,8,10,13-14,17,20,22,31H,4,6-7,9,11-12,15-16H2,1H3;6H,5H2,1-4H3. The summed E-state index contributed by atoms with van der Waals surface area (Å²) in [5.74, 6) is 2.96. The number of aromatic nitrogens is 3. The summed E-state index contributed by atoms with van der Waals surface area (Å²) in [5, 5.41) is 3.65. The van der Waals surface area contributed by atoms with Crippen molar-refractivity contribution >= 4 is 23.9 Å². The third kappa shape index (κ3) is 7.76. The fraction of sp³-hybridized carbons (Fsp3) is 0.529. The van der Waals surface area contributed by atoms with E-state index >= 15 is 0 Å². The molecular weight excluding hydrogens is 591 g/mol. The van der Waals surface area contributed by atoms with Gasteiger partial charge in [-0.05, 0) is 83.0 Å². The quantitative estimate of drug-likeness (QED) is 0.255. The minimum atomic E-state index is -0.491. The number of fused-ring (bicyclic) bond motifs is 1. The van der Waals surface area contributed by atoms with Gasteiger partial charge in [-0.3, -0.25) is 9.78 Å². The first-order valence-electron chi connectivity index (χ1n) is 15.8. The van der Waals surface area contributed by atoms with E-state index in [0.29, 0.717) is 29.9 Å². The zero-order valence-corrected chi connectivity index (χ0v) is 27.8. The van der Waals surface area contributed by atoms with Gasteiger partial charge < -0.3 is 24.6 Å². The molecule has 0 bridgehead atoms. The van der Waals surface area contributed by atoms with Crippen LogP contribution in [0, 0.1) is 11.2 Å². The molecule has 9 nitrogen and oxygen atoms in total. The summed E-state index contributed by atoms with van der Waals surface area (Å²) in [7, 11) is 2.13. The summed E-state index contributed by atoms with van der Waals surface area (Å²) in [6, 6.07) is 6.87. The maximum absolute atomic E-state index is 13.5. The van der Waals surface area contributed by atoms with Gasteiger partial charge in [0, 0.05) is 55.3 Å². The molecule has 2 fully saturated rings. The van der Waals surface area contributed by atoms with Crippen LogP contribution in [0.4, 0.5) is 10.2 Å². The highest BCUT2D eigenvalue weighted by Gasteiger charge is 2.54. The number of thioether (sulfide) groups is 1. The first kappa shape index (κ1) is 33.1. The highest BCUT2D eigenvalue weighted by molar-refractivity contribution is 7.98. The summed E-state index contributed by atoms with van der Waals surface area (Å²) < 4.78 is 26.0. The van der Waals surface area contributed by atoms with Crippen LogP contribution in [0.2, 0.25) is 0 Å². The number of carbonyl (C=O) groups excluding carboxylic acids is 1. The van der Waals surface area contributed by atoms with Crippen molar-refractivity contribution in [1.82, 2.24) is 25.2 Å². The van der Waals surface area contributed by atoms with Gasteiger partial charge in [0.15, 0.2) is 17.9 Å². The van der Waals surface area contributed by atoms with Gasteiger partial charge >= 0.3 is 0 Å². The predicted octanol–water partition coefficient (Wildman–Crippen LogP) is 5.95. The van der Waals surface area contributed by atoms with Crippen LogP contribution in [-0.4, -0.2) is 83.5 Å². The van der Waals surface area contributed by atoms with Gasteiger partial charge in [0.05, 0.1) is 17.5 Å². The van der Waals surface area contributed by atoms with E-state index in [1.807, 2.05) is 24.0 Å². The molecule has 1 spiro atoms. The minimum absolute atomic E-state index is 0.142. The van der Waals surface area contributed by atoms with Crippen molar-refractivity contribution in [3.8, 4) is 17.2 Å². The summed E-state index contributed by atoms with van der Waals surface area (Å²) in [4.78, 5) is 29.0. The van der Waals surface area contributed by atoms with E-state index in [-0.39, 0.29) is 22.8 Å². The molecule has 4 heterocycles. The van der Waals surface area contributed by atoms with Crippen LogP contribution in [0.1, 0.15) is 67.7 Å². The zero-order chi connectivity index (χ0) is 32.0. The maximum Gasteiger partial charge on any atom is 0.188 e. The van der Waals surface area contributed by atoms with Crippen molar-refractivity contribution in [1.29, 1.82) is 0 Å². The highest BCUT2D eigenvalue weighted by atomic mass is 32.2. The molecule has 0 radical (unpaired) electrons. The number of halogens is 1. The lowest BCUT2D eigenvalue weighted by atomic mass is 9.61. The lowest BCUT2D eigenvalue weighted by molar-refractivity contribution is -0.0351. The molecule has 242 valence electrons. The third-order valence-corrected chi connectivity index (χ3v) is 9.71. The molecule has 45 heavy (non-hydrogen) atoms. The molecule has 1 aromatic carbocycles. The van der Waals surface area contributed by atoms with Gasteiger partial charge in [-0.2, -0.15) is 11.8 Å². The Hall–Kier alpha value is -3.28. The van der Waals surface area contributed by atoms with Crippen LogP contribution in [0.5, 0.6) is 17.2 Å². The molecule has 1 aliphatic carbocycles. The fourth-order valence-electron chi connectivity index (χ4n) is 6.27. The van der Waals surface area contributed by atoms with Crippen molar-refractivity contribution in [2.75, 3.05) is 50.1 Å². The largest absolute Gasteiger partial charge is 0.490 e. The molecule has 1 N–H and O–H groups in total. The second-order valence-electron chi connectivity index (χ2n) is 12.5. The van der Waals surface area contributed by atoms with Gasteiger partial charge in [-0.15, -0.1) is 0 Å². The summed E-state index contributed by atoms with van der Waals surface area (Å²) >= 11 is 1.86. The zero-order valence-electron chi connectivity index (χ0n) is 27.0. The van der Waals surface area contributed by atoms with Crippen molar-refractivity contribution in [2.24, 2.45) is 5.41 Å². The molecular formula is C34H45FN6O3S. The van der Waals surface area contributed by atoms with Gasteiger partial charge in [0.1, 0.15) is 29.7 Å². The van der Waals surface area contributed by atoms with Crippen LogP contribution >= 0.6 is 11.8 Å². The van der Waals surface area contributed by atoms with Gasteiger partial charge in [0.25, 0.3) is 0 Å². The fourth-order valence-corrected chi connectivity index (χ4v) is 6.74. The van der Waals surface area contributed by atoms with E-state index in [9.17, 15) is 9.18 Å².